The first-order valence-electron chi connectivity index (χ1n) is 8.05. The molecule has 2 unspecified atom stereocenters. The molecule has 1 aliphatic rings. The monoisotopic (exact) mass is 270 g/mol. The summed E-state index contributed by atoms with van der Waals surface area (Å²) in [6.45, 7) is 5.46. The Balaban J connectivity index is 1.99. The van der Waals surface area contributed by atoms with Crippen LogP contribution in [0.3, 0.4) is 0 Å². The van der Waals surface area contributed by atoms with Gasteiger partial charge in [-0.05, 0) is 38.5 Å². The minimum atomic E-state index is -0.0678. The van der Waals surface area contributed by atoms with E-state index in [1.165, 1.54) is 32.1 Å². The molecule has 1 fully saturated rings. The van der Waals surface area contributed by atoms with E-state index in [0.717, 1.165) is 31.8 Å². The maximum Gasteiger partial charge on any atom is 0.305 e. The van der Waals surface area contributed by atoms with Crippen LogP contribution in [0.2, 0.25) is 0 Å². The lowest BCUT2D eigenvalue weighted by Crippen LogP contribution is -2.27. The lowest BCUT2D eigenvalue weighted by atomic mass is 9.85. The largest absolute Gasteiger partial charge is 0.466 e. The molecule has 0 heterocycles. The van der Waals surface area contributed by atoms with Gasteiger partial charge in [0, 0.05) is 13.0 Å². The van der Waals surface area contributed by atoms with Crippen LogP contribution in [0.4, 0.5) is 0 Å². The molecular weight excluding hydrogens is 240 g/mol. The lowest BCUT2D eigenvalue weighted by Gasteiger charge is -2.30. The molecule has 3 nitrogen and oxygen atoms in total. The van der Waals surface area contributed by atoms with Crippen LogP contribution >= 0.6 is 0 Å². The van der Waals surface area contributed by atoms with Crippen molar-refractivity contribution in [1.82, 2.24) is 0 Å². The lowest BCUT2D eigenvalue weighted by molar-refractivity contribution is -0.143. The average molecular weight is 270 g/mol. The summed E-state index contributed by atoms with van der Waals surface area (Å²) < 4.78 is 10.9. The van der Waals surface area contributed by atoms with Gasteiger partial charge in [0.2, 0.25) is 0 Å². The van der Waals surface area contributed by atoms with Gasteiger partial charge in [0.1, 0.15) is 0 Å². The summed E-state index contributed by atoms with van der Waals surface area (Å²) in [7, 11) is 0. The van der Waals surface area contributed by atoms with Crippen molar-refractivity contribution >= 4 is 5.97 Å². The number of hydrogen-bond donors (Lipinski definition) is 0. The van der Waals surface area contributed by atoms with Gasteiger partial charge in [-0.1, -0.05) is 32.6 Å². The molecule has 0 radical (unpaired) electrons. The molecule has 0 spiro atoms. The van der Waals surface area contributed by atoms with Gasteiger partial charge in [-0.2, -0.15) is 0 Å². The zero-order valence-electron chi connectivity index (χ0n) is 12.7. The SMILES string of the molecule is CCOC(=O)CCCCCOC1CCCCC1CC. The molecule has 3 heteroatoms. The van der Waals surface area contributed by atoms with Crippen LogP contribution in [0.25, 0.3) is 0 Å². The summed E-state index contributed by atoms with van der Waals surface area (Å²) in [5, 5.41) is 0. The fraction of sp³-hybridized carbons (Fsp3) is 0.938. The number of rotatable bonds is 9. The van der Waals surface area contributed by atoms with Gasteiger partial charge >= 0.3 is 5.97 Å². The molecule has 0 amide bonds. The zero-order chi connectivity index (χ0) is 13.9. The summed E-state index contributed by atoms with van der Waals surface area (Å²) in [4.78, 5) is 11.2. The van der Waals surface area contributed by atoms with Crippen molar-refractivity contribution in [2.24, 2.45) is 5.92 Å². The van der Waals surface area contributed by atoms with E-state index in [2.05, 4.69) is 6.92 Å². The van der Waals surface area contributed by atoms with Crippen molar-refractivity contribution in [3.63, 3.8) is 0 Å². The molecule has 0 aromatic rings. The van der Waals surface area contributed by atoms with E-state index in [9.17, 15) is 4.79 Å². The molecule has 1 rings (SSSR count). The topological polar surface area (TPSA) is 35.5 Å². The molecule has 19 heavy (non-hydrogen) atoms. The van der Waals surface area contributed by atoms with E-state index in [4.69, 9.17) is 9.47 Å². The van der Waals surface area contributed by atoms with E-state index in [-0.39, 0.29) is 5.97 Å². The van der Waals surface area contributed by atoms with Crippen LogP contribution in [-0.4, -0.2) is 25.3 Å². The summed E-state index contributed by atoms with van der Waals surface area (Å²) in [5.74, 6) is 0.704. The highest BCUT2D eigenvalue weighted by molar-refractivity contribution is 5.69. The average Bonchev–Trinajstić information content (AvgIpc) is 2.43. The maximum absolute atomic E-state index is 11.2. The number of hydrogen-bond acceptors (Lipinski definition) is 3. The highest BCUT2D eigenvalue weighted by atomic mass is 16.5. The molecule has 0 aromatic carbocycles. The molecule has 0 aromatic heterocycles. The van der Waals surface area contributed by atoms with Crippen LogP contribution in [0, 0.1) is 5.92 Å². The third-order valence-electron chi connectivity index (χ3n) is 4.03. The Morgan fingerprint density at radius 1 is 1.11 bits per heavy atom. The Morgan fingerprint density at radius 3 is 2.63 bits per heavy atom. The van der Waals surface area contributed by atoms with E-state index >= 15 is 0 Å². The molecule has 1 saturated carbocycles. The first-order chi connectivity index (χ1) is 9.27. The summed E-state index contributed by atoms with van der Waals surface area (Å²) in [6, 6.07) is 0. The van der Waals surface area contributed by atoms with Crippen LogP contribution < -0.4 is 0 Å². The molecule has 2 atom stereocenters. The number of carbonyl (C=O) groups excluding carboxylic acids is 1. The minimum Gasteiger partial charge on any atom is -0.466 e. The second-order valence-electron chi connectivity index (χ2n) is 5.48. The fourth-order valence-electron chi connectivity index (χ4n) is 2.88. The Kier molecular flexibility index (Phi) is 8.89. The first-order valence-corrected chi connectivity index (χ1v) is 8.05. The van der Waals surface area contributed by atoms with Gasteiger partial charge in [-0.15, -0.1) is 0 Å². The number of ether oxygens (including phenoxy) is 2. The Hall–Kier alpha value is -0.570. The smallest absolute Gasteiger partial charge is 0.305 e. The fourth-order valence-corrected chi connectivity index (χ4v) is 2.88. The summed E-state index contributed by atoms with van der Waals surface area (Å²) in [6.07, 6.45) is 10.6. The van der Waals surface area contributed by atoms with Crippen LogP contribution in [-0.2, 0) is 14.3 Å². The van der Waals surface area contributed by atoms with E-state index in [1.807, 2.05) is 6.92 Å². The van der Waals surface area contributed by atoms with Gasteiger partial charge < -0.3 is 9.47 Å². The van der Waals surface area contributed by atoms with Crippen molar-refractivity contribution in [2.75, 3.05) is 13.2 Å². The van der Waals surface area contributed by atoms with E-state index < -0.39 is 0 Å². The second kappa shape index (κ2) is 10.2. The second-order valence-corrected chi connectivity index (χ2v) is 5.48. The van der Waals surface area contributed by atoms with E-state index in [1.54, 1.807) is 0 Å². The molecule has 0 N–H and O–H groups in total. The van der Waals surface area contributed by atoms with Crippen molar-refractivity contribution in [1.29, 1.82) is 0 Å². The Labute approximate surface area is 118 Å². The first kappa shape index (κ1) is 16.5. The molecule has 0 aliphatic heterocycles. The molecule has 0 bridgehead atoms. The maximum atomic E-state index is 11.2. The third-order valence-corrected chi connectivity index (χ3v) is 4.03. The number of esters is 1. The quantitative estimate of drug-likeness (QED) is 0.467. The standard InChI is InChI=1S/C16H30O3/c1-3-14-10-7-8-11-15(14)19-13-9-5-6-12-16(17)18-4-2/h14-15H,3-13H2,1-2H3. The summed E-state index contributed by atoms with van der Waals surface area (Å²) >= 11 is 0. The van der Waals surface area contributed by atoms with Crippen molar-refractivity contribution < 1.29 is 14.3 Å². The van der Waals surface area contributed by atoms with Crippen LogP contribution in [0.5, 0.6) is 0 Å². The van der Waals surface area contributed by atoms with Gasteiger partial charge in [0.05, 0.1) is 12.7 Å². The molecule has 0 saturated heterocycles. The van der Waals surface area contributed by atoms with Crippen molar-refractivity contribution in [3.8, 4) is 0 Å². The summed E-state index contributed by atoms with van der Waals surface area (Å²) in [5.41, 5.74) is 0. The van der Waals surface area contributed by atoms with Gasteiger partial charge in [-0.3, -0.25) is 4.79 Å². The number of carbonyl (C=O) groups is 1. The molecule has 1 aliphatic carbocycles. The predicted octanol–water partition coefficient (Wildman–Crippen LogP) is 4.10. The van der Waals surface area contributed by atoms with Gasteiger partial charge in [0.15, 0.2) is 0 Å². The molecular formula is C16H30O3. The van der Waals surface area contributed by atoms with Crippen LogP contribution in [0.15, 0.2) is 0 Å². The predicted molar refractivity (Wildman–Crippen MR) is 77.1 cm³/mol. The highest BCUT2D eigenvalue weighted by Gasteiger charge is 2.23. The minimum absolute atomic E-state index is 0.0678. The Morgan fingerprint density at radius 2 is 1.89 bits per heavy atom. The van der Waals surface area contributed by atoms with Crippen molar-refractivity contribution in [3.05, 3.63) is 0 Å². The third kappa shape index (κ3) is 6.95. The molecule has 112 valence electrons. The normalized spacial score (nSPS) is 23.3. The van der Waals surface area contributed by atoms with Gasteiger partial charge in [0.25, 0.3) is 0 Å². The van der Waals surface area contributed by atoms with Crippen LogP contribution in [0.1, 0.15) is 71.6 Å². The number of unbranched alkanes of at least 4 members (excludes halogenated alkanes) is 2. The van der Waals surface area contributed by atoms with Gasteiger partial charge in [-0.25, -0.2) is 0 Å². The van der Waals surface area contributed by atoms with Crippen molar-refractivity contribution in [2.45, 2.75) is 77.7 Å². The highest BCUT2D eigenvalue weighted by Crippen LogP contribution is 2.29. The zero-order valence-corrected chi connectivity index (χ0v) is 12.7. The Bertz CT molecular complexity index is 240. The van der Waals surface area contributed by atoms with E-state index in [0.29, 0.717) is 19.1 Å².